The Balaban J connectivity index is 3.12. The van der Waals surface area contributed by atoms with E-state index < -0.39 is 17.6 Å². The van der Waals surface area contributed by atoms with Crippen LogP contribution in [0.15, 0.2) is 12.1 Å². The third-order valence-electron chi connectivity index (χ3n) is 1.84. The number of nitrogens with one attached hydrogen (secondary N) is 1. The summed E-state index contributed by atoms with van der Waals surface area (Å²) in [5, 5.41) is 2.52. The van der Waals surface area contributed by atoms with E-state index in [1.54, 1.807) is 0 Å². The van der Waals surface area contributed by atoms with Gasteiger partial charge >= 0.3 is 5.97 Å². The Labute approximate surface area is 91.4 Å². The molecule has 0 aliphatic heterocycles. The summed E-state index contributed by atoms with van der Waals surface area (Å²) in [5.41, 5.74) is -0.386. The molecule has 0 atom stereocenters. The standard InChI is InChI=1S/C11H9F2NO2/c1-3-4-14-10-5-7(11(15)16-2)8(12)6-9(10)13/h1,5-6,14H,4H2,2H3. The quantitative estimate of drug-likeness (QED) is 0.629. The molecule has 0 spiro atoms. The zero-order valence-electron chi connectivity index (χ0n) is 8.51. The van der Waals surface area contributed by atoms with E-state index >= 15 is 0 Å². The summed E-state index contributed by atoms with van der Waals surface area (Å²) < 4.78 is 30.7. The lowest BCUT2D eigenvalue weighted by Gasteiger charge is -2.07. The van der Waals surface area contributed by atoms with Crippen LogP contribution in [0.5, 0.6) is 0 Å². The van der Waals surface area contributed by atoms with E-state index in [4.69, 9.17) is 6.42 Å². The Morgan fingerprint density at radius 1 is 1.50 bits per heavy atom. The third-order valence-corrected chi connectivity index (χ3v) is 1.84. The summed E-state index contributed by atoms with van der Waals surface area (Å²) in [6.45, 7) is 0.0726. The van der Waals surface area contributed by atoms with E-state index in [9.17, 15) is 13.6 Å². The van der Waals surface area contributed by atoms with Gasteiger partial charge in [0.25, 0.3) is 0 Å². The van der Waals surface area contributed by atoms with Crippen molar-refractivity contribution in [3.05, 3.63) is 29.3 Å². The molecule has 0 saturated carbocycles. The maximum atomic E-state index is 13.2. The number of rotatable bonds is 3. The zero-order chi connectivity index (χ0) is 12.1. The van der Waals surface area contributed by atoms with Crippen LogP contribution in [0.2, 0.25) is 0 Å². The van der Waals surface area contributed by atoms with Crippen LogP contribution in [0.1, 0.15) is 10.4 Å². The van der Waals surface area contributed by atoms with E-state index in [-0.39, 0.29) is 17.8 Å². The Kier molecular flexibility index (Phi) is 3.84. The van der Waals surface area contributed by atoms with Gasteiger partial charge in [0.05, 0.1) is 24.9 Å². The molecule has 0 amide bonds. The van der Waals surface area contributed by atoms with Crippen molar-refractivity contribution < 1.29 is 18.3 Å². The topological polar surface area (TPSA) is 38.3 Å². The summed E-state index contributed by atoms with van der Waals surface area (Å²) in [4.78, 5) is 11.1. The van der Waals surface area contributed by atoms with Gasteiger partial charge in [0, 0.05) is 6.07 Å². The van der Waals surface area contributed by atoms with Crippen molar-refractivity contribution in [3.8, 4) is 12.3 Å². The molecule has 0 aliphatic carbocycles. The Morgan fingerprint density at radius 2 is 2.19 bits per heavy atom. The minimum absolute atomic E-state index is 0.0419. The molecule has 1 aromatic rings. The molecule has 1 aromatic carbocycles. The largest absolute Gasteiger partial charge is 0.465 e. The molecular weight excluding hydrogens is 216 g/mol. The average Bonchev–Trinajstić information content (AvgIpc) is 2.27. The molecule has 3 nitrogen and oxygen atoms in total. The Bertz CT molecular complexity index is 452. The minimum atomic E-state index is -0.976. The fourth-order valence-corrected chi connectivity index (χ4v) is 1.10. The predicted molar refractivity (Wildman–Crippen MR) is 55.0 cm³/mol. The van der Waals surface area contributed by atoms with Crippen LogP contribution < -0.4 is 5.32 Å². The van der Waals surface area contributed by atoms with Crippen molar-refractivity contribution >= 4 is 11.7 Å². The highest BCUT2D eigenvalue weighted by Gasteiger charge is 2.16. The van der Waals surface area contributed by atoms with E-state index in [1.807, 2.05) is 0 Å². The van der Waals surface area contributed by atoms with Crippen molar-refractivity contribution in [1.29, 1.82) is 0 Å². The van der Waals surface area contributed by atoms with Crippen LogP contribution in [0.25, 0.3) is 0 Å². The van der Waals surface area contributed by atoms with Crippen LogP contribution in [-0.4, -0.2) is 19.6 Å². The van der Waals surface area contributed by atoms with E-state index in [0.29, 0.717) is 6.07 Å². The van der Waals surface area contributed by atoms with Crippen molar-refractivity contribution in [3.63, 3.8) is 0 Å². The first-order valence-corrected chi connectivity index (χ1v) is 4.34. The number of methoxy groups -OCH3 is 1. The maximum absolute atomic E-state index is 13.2. The van der Waals surface area contributed by atoms with Gasteiger partial charge in [-0.2, -0.15) is 0 Å². The van der Waals surface area contributed by atoms with Crippen molar-refractivity contribution in [2.24, 2.45) is 0 Å². The number of hydrogen-bond acceptors (Lipinski definition) is 3. The van der Waals surface area contributed by atoms with Crippen molar-refractivity contribution in [1.82, 2.24) is 0 Å². The normalized spacial score (nSPS) is 9.38. The number of benzene rings is 1. The van der Waals surface area contributed by atoms with Gasteiger partial charge in [0.2, 0.25) is 0 Å². The van der Waals surface area contributed by atoms with Crippen LogP contribution in [0.3, 0.4) is 0 Å². The van der Waals surface area contributed by atoms with Crippen LogP contribution in [0, 0.1) is 24.0 Å². The molecule has 1 N–H and O–H groups in total. The molecule has 0 saturated heterocycles. The first kappa shape index (κ1) is 12.0. The molecule has 0 radical (unpaired) electrons. The van der Waals surface area contributed by atoms with Gasteiger partial charge in [-0.1, -0.05) is 5.92 Å². The summed E-state index contributed by atoms with van der Waals surface area (Å²) >= 11 is 0. The van der Waals surface area contributed by atoms with Gasteiger partial charge in [-0.3, -0.25) is 0 Å². The van der Waals surface area contributed by atoms with Gasteiger partial charge in [-0.25, -0.2) is 13.6 Å². The molecule has 5 heteroatoms. The van der Waals surface area contributed by atoms with Gasteiger partial charge in [-0.05, 0) is 6.07 Å². The first-order valence-electron chi connectivity index (χ1n) is 4.34. The highest BCUT2D eigenvalue weighted by molar-refractivity contribution is 5.90. The van der Waals surface area contributed by atoms with Crippen LogP contribution in [-0.2, 0) is 4.74 Å². The van der Waals surface area contributed by atoms with E-state index in [0.717, 1.165) is 13.2 Å². The fraction of sp³-hybridized carbons (Fsp3) is 0.182. The molecule has 0 fully saturated rings. The number of anilines is 1. The number of carbonyl (C=O) groups excluding carboxylic acids is 1. The van der Waals surface area contributed by atoms with E-state index in [2.05, 4.69) is 16.0 Å². The summed E-state index contributed by atoms with van der Waals surface area (Å²) in [6.07, 6.45) is 4.98. The number of terminal acetylenes is 1. The third kappa shape index (κ3) is 2.48. The SMILES string of the molecule is C#CCNc1cc(C(=O)OC)c(F)cc1F. The van der Waals surface area contributed by atoms with Gasteiger partial charge in [0.1, 0.15) is 11.6 Å². The number of halogens is 2. The number of esters is 1. The van der Waals surface area contributed by atoms with Crippen molar-refractivity contribution in [2.45, 2.75) is 0 Å². The summed E-state index contributed by atoms with van der Waals surface area (Å²) in [7, 11) is 1.11. The smallest absolute Gasteiger partial charge is 0.340 e. The fourth-order valence-electron chi connectivity index (χ4n) is 1.10. The maximum Gasteiger partial charge on any atom is 0.340 e. The number of carbonyl (C=O) groups is 1. The zero-order valence-corrected chi connectivity index (χ0v) is 8.51. The highest BCUT2D eigenvalue weighted by Crippen LogP contribution is 2.19. The molecule has 0 aromatic heterocycles. The predicted octanol–water partition coefficient (Wildman–Crippen LogP) is 1.80. The molecule has 84 valence electrons. The lowest BCUT2D eigenvalue weighted by Crippen LogP contribution is -2.08. The summed E-state index contributed by atoms with van der Waals surface area (Å²) in [6, 6.07) is 1.62. The Hall–Kier alpha value is -2.09. The summed E-state index contributed by atoms with van der Waals surface area (Å²) in [5.74, 6) is -0.436. The lowest BCUT2D eigenvalue weighted by molar-refractivity contribution is 0.0595. The van der Waals surface area contributed by atoms with Gasteiger partial charge in [-0.15, -0.1) is 6.42 Å². The van der Waals surface area contributed by atoms with Crippen molar-refractivity contribution in [2.75, 3.05) is 19.0 Å². The molecule has 16 heavy (non-hydrogen) atoms. The first-order chi connectivity index (χ1) is 7.60. The molecule has 0 heterocycles. The minimum Gasteiger partial charge on any atom is -0.465 e. The average molecular weight is 225 g/mol. The van der Waals surface area contributed by atoms with Crippen LogP contribution >= 0.6 is 0 Å². The number of ether oxygens (including phenoxy) is 1. The second kappa shape index (κ2) is 5.12. The lowest BCUT2D eigenvalue weighted by atomic mass is 10.2. The molecule has 0 bridgehead atoms. The van der Waals surface area contributed by atoms with Gasteiger partial charge < -0.3 is 10.1 Å². The van der Waals surface area contributed by atoms with Crippen LogP contribution in [0.4, 0.5) is 14.5 Å². The van der Waals surface area contributed by atoms with Gasteiger partial charge in [0.15, 0.2) is 0 Å². The Morgan fingerprint density at radius 3 is 2.75 bits per heavy atom. The molecule has 1 rings (SSSR count). The number of hydrogen-bond donors (Lipinski definition) is 1. The second-order valence-corrected chi connectivity index (χ2v) is 2.86. The monoisotopic (exact) mass is 225 g/mol. The highest BCUT2D eigenvalue weighted by atomic mass is 19.1. The second-order valence-electron chi connectivity index (χ2n) is 2.86. The molecular formula is C11H9F2NO2. The van der Waals surface area contributed by atoms with E-state index in [1.165, 1.54) is 0 Å². The molecule has 0 unspecified atom stereocenters. The molecule has 0 aliphatic rings.